The summed E-state index contributed by atoms with van der Waals surface area (Å²) in [5, 5.41) is 10.8. The SMILES string of the molecule is O=C(CCN1C(=O)[C@H]2[C@H]3CC[C@@H](C3)[C@@H]2C1=O)OCC(=O)c1cccc([N+](=O)[O-])c1. The Bertz CT molecular complexity index is 884. The first-order valence-corrected chi connectivity index (χ1v) is 9.65. The van der Waals surface area contributed by atoms with Crippen LogP contribution in [0.4, 0.5) is 5.69 Å². The Morgan fingerprint density at radius 2 is 1.79 bits per heavy atom. The van der Waals surface area contributed by atoms with Crippen LogP contribution in [0.5, 0.6) is 0 Å². The van der Waals surface area contributed by atoms with E-state index in [1.54, 1.807) is 0 Å². The van der Waals surface area contributed by atoms with Crippen LogP contribution in [-0.4, -0.2) is 46.5 Å². The summed E-state index contributed by atoms with van der Waals surface area (Å²) >= 11 is 0. The number of carbonyl (C=O) groups excluding carboxylic acids is 4. The largest absolute Gasteiger partial charge is 0.457 e. The summed E-state index contributed by atoms with van der Waals surface area (Å²) in [6, 6.07) is 5.15. The van der Waals surface area contributed by atoms with Crippen LogP contribution < -0.4 is 0 Å². The zero-order valence-corrected chi connectivity index (χ0v) is 15.6. The molecule has 2 amide bonds. The van der Waals surface area contributed by atoms with Gasteiger partial charge in [0.2, 0.25) is 17.6 Å². The van der Waals surface area contributed by atoms with E-state index in [4.69, 9.17) is 4.74 Å². The van der Waals surface area contributed by atoms with Crippen molar-refractivity contribution in [2.45, 2.75) is 25.7 Å². The van der Waals surface area contributed by atoms with Crippen molar-refractivity contribution in [1.29, 1.82) is 0 Å². The lowest BCUT2D eigenvalue weighted by molar-refractivity contribution is -0.384. The Balaban J connectivity index is 1.28. The van der Waals surface area contributed by atoms with E-state index >= 15 is 0 Å². The van der Waals surface area contributed by atoms with Gasteiger partial charge in [0.1, 0.15) is 0 Å². The van der Waals surface area contributed by atoms with Crippen LogP contribution in [0.25, 0.3) is 0 Å². The molecule has 1 aromatic carbocycles. The molecular weight excluding hydrogens is 380 g/mol. The first kappa shape index (κ1) is 19.2. The molecule has 9 nitrogen and oxygen atoms in total. The van der Waals surface area contributed by atoms with Crippen molar-refractivity contribution in [3.05, 3.63) is 39.9 Å². The molecule has 0 radical (unpaired) electrons. The lowest BCUT2D eigenvalue weighted by Gasteiger charge is -2.19. The third-order valence-corrected chi connectivity index (χ3v) is 6.30. The molecule has 4 atom stereocenters. The van der Waals surface area contributed by atoms with Gasteiger partial charge in [0.05, 0.1) is 23.2 Å². The Kier molecular flexibility index (Phi) is 4.89. The highest BCUT2D eigenvalue weighted by Crippen LogP contribution is 2.56. The maximum atomic E-state index is 12.6. The van der Waals surface area contributed by atoms with Gasteiger partial charge in [-0.15, -0.1) is 0 Å². The van der Waals surface area contributed by atoms with Gasteiger partial charge in [0.25, 0.3) is 5.69 Å². The summed E-state index contributed by atoms with van der Waals surface area (Å²) in [5.74, 6) is -1.54. The third kappa shape index (κ3) is 3.41. The molecule has 3 fully saturated rings. The van der Waals surface area contributed by atoms with Crippen molar-refractivity contribution in [1.82, 2.24) is 4.90 Å². The number of likely N-dealkylation sites (tertiary alicyclic amines) is 1. The van der Waals surface area contributed by atoms with Crippen LogP contribution in [0.15, 0.2) is 24.3 Å². The van der Waals surface area contributed by atoms with Crippen molar-refractivity contribution < 1.29 is 28.8 Å². The second-order valence-electron chi connectivity index (χ2n) is 7.85. The molecule has 2 aliphatic carbocycles. The summed E-state index contributed by atoms with van der Waals surface area (Å²) in [6.45, 7) is -0.606. The number of hydrogen-bond donors (Lipinski definition) is 0. The fourth-order valence-corrected chi connectivity index (χ4v) is 4.99. The summed E-state index contributed by atoms with van der Waals surface area (Å²) in [5.41, 5.74) is -0.159. The van der Waals surface area contributed by atoms with Crippen molar-refractivity contribution in [2.24, 2.45) is 23.7 Å². The number of rotatable bonds is 7. The maximum Gasteiger partial charge on any atom is 0.308 e. The molecule has 2 saturated carbocycles. The second-order valence-corrected chi connectivity index (χ2v) is 7.85. The highest BCUT2D eigenvalue weighted by atomic mass is 16.6. The van der Waals surface area contributed by atoms with Gasteiger partial charge in [-0.3, -0.25) is 34.2 Å². The average molecular weight is 400 g/mol. The molecular formula is C20H20N2O7. The number of fused-ring (bicyclic) bond motifs is 5. The van der Waals surface area contributed by atoms with Crippen LogP contribution in [0.1, 0.15) is 36.0 Å². The first-order chi connectivity index (χ1) is 13.9. The van der Waals surface area contributed by atoms with E-state index < -0.39 is 23.3 Å². The Morgan fingerprint density at radius 3 is 2.41 bits per heavy atom. The number of benzene rings is 1. The quantitative estimate of drug-likeness (QED) is 0.224. The van der Waals surface area contributed by atoms with Crippen molar-refractivity contribution in [3.8, 4) is 0 Å². The van der Waals surface area contributed by atoms with Gasteiger partial charge in [-0.2, -0.15) is 0 Å². The number of amides is 2. The van der Waals surface area contributed by atoms with E-state index in [-0.39, 0.29) is 59.7 Å². The Morgan fingerprint density at radius 1 is 1.14 bits per heavy atom. The van der Waals surface area contributed by atoms with Gasteiger partial charge in [0, 0.05) is 24.2 Å². The van der Waals surface area contributed by atoms with Crippen LogP contribution in [0, 0.1) is 33.8 Å². The average Bonchev–Trinajstić information content (AvgIpc) is 3.39. The van der Waals surface area contributed by atoms with Crippen molar-refractivity contribution in [3.63, 3.8) is 0 Å². The predicted molar refractivity (Wildman–Crippen MR) is 97.5 cm³/mol. The normalized spacial score (nSPS) is 27.2. The van der Waals surface area contributed by atoms with Gasteiger partial charge in [-0.1, -0.05) is 12.1 Å². The van der Waals surface area contributed by atoms with E-state index in [1.165, 1.54) is 23.1 Å². The molecule has 1 heterocycles. The minimum Gasteiger partial charge on any atom is -0.457 e. The molecule has 2 bridgehead atoms. The topological polar surface area (TPSA) is 124 Å². The van der Waals surface area contributed by atoms with Gasteiger partial charge in [-0.25, -0.2) is 0 Å². The third-order valence-electron chi connectivity index (χ3n) is 6.30. The van der Waals surface area contributed by atoms with Crippen LogP contribution in [0.2, 0.25) is 0 Å². The van der Waals surface area contributed by atoms with E-state index in [0.717, 1.165) is 25.3 Å². The predicted octanol–water partition coefficient (Wildman–Crippen LogP) is 1.74. The molecule has 1 saturated heterocycles. The standard InChI is InChI=1S/C20H20N2O7/c23-15(11-2-1-3-14(9-11)22(27)28)10-29-16(24)6-7-21-19(25)17-12-4-5-13(8-12)18(17)20(21)26/h1-3,9,12-13,17-18H,4-8,10H2/t12-,13-,17-,18-/m0/s1. The number of non-ortho nitro benzene ring substituents is 1. The number of nitro groups is 1. The highest BCUT2D eigenvalue weighted by molar-refractivity contribution is 6.06. The lowest BCUT2D eigenvalue weighted by Crippen LogP contribution is -2.35. The Hall–Kier alpha value is -3.10. The molecule has 9 heteroatoms. The first-order valence-electron chi connectivity index (χ1n) is 9.65. The van der Waals surface area contributed by atoms with E-state index in [0.29, 0.717) is 0 Å². The number of esters is 1. The van der Waals surface area contributed by atoms with Gasteiger partial charge in [0.15, 0.2) is 6.61 Å². The summed E-state index contributed by atoms with van der Waals surface area (Å²) in [7, 11) is 0. The molecule has 4 rings (SSSR count). The van der Waals surface area contributed by atoms with Crippen LogP contribution in [0.3, 0.4) is 0 Å². The lowest BCUT2D eigenvalue weighted by atomic mass is 9.81. The minimum atomic E-state index is -0.704. The number of ether oxygens (including phenoxy) is 1. The van der Waals surface area contributed by atoms with Crippen LogP contribution in [-0.2, 0) is 19.1 Å². The number of carbonyl (C=O) groups is 4. The van der Waals surface area contributed by atoms with Gasteiger partial charge >= 0.3 is 5.97 Å². The second kappa shape index (κ2) is 7.38. The van der Waals surface area contributed by atoms with E-state index in [9.17, 15) is 29.3 Å². The summed E-state index contributed by atoms with van der Waals surface area (Å²) in [6.07, 6.45) is 2.73. The fraction of sp³-hybridized carbons (Fsp3) is 0.500. The molecule has 1 aliphatic heterocycles. The van der Waals surface area contributed by atoms with E-state index in [1.807, 2.05) is 0 Å². The van der Waals surface area contributed by atoms with Crippen LogP contribution >= 0.6 is 0 Å². The maximum absolute atomic E-state index is 12.6. The molecule has 0 spiro atoms. The molecule has 0 aromatic heterocycles. The number of Topliss-reactive ketones (excluding diaryl/α,β-unsaturated/α-hetero) is 1. The number of nitro benzene ring substituents is 1. The zero-order valence-electron chi connectivity index (χ0n) is 15.6. The number of ketones is 1. The minimum absolute atomic E-state index is 0.0477. The number of hydrogen-bond acceptors (Lipinski definition) is 7. The van der Waals surface area contributed by atoms with Gasteiger partial charge < -0.3 is 4.74 Å². The molecule has 29 heavy (non-hydrogen) atoms. The smallest absolute Gasteiger partial charge is 0.308 e. The van der Waals surface area contributed by atoms with E-state index in [2.05, 4.69) is 0 Å². The summed E-state index contributed by atoms with van der Waals surface area (Å²) in [4.78, 5) is 60.5. The molecule has 1 aromatic rings. The molecule has 0 N–H and O–H groups in total. The Labute approximate surface area is 166 Å². The molecule has 0 unspecified atom stereocenters. The monoisotopic (exact) mass is 400 g/mol. The zero-order chi connectivity index (χ0) is 20.7. The van der Waals surface area contributed by atoms with Gasteiger partial charge in [-0.05, 0) is 31.1 Å². The van der Waals surface area contributed by atoms with Crippen molar-refractivity contribution in [2.75, 3.05) is 13.2 Å². The fourth-order valence-electron chi connectivity index (χ4n) is 4.99. The highest BCUT2D eigenvalue weighted by Gasteiger charge is 2.60. The molecule has 152 valence electrons. The number of nitrogens with zero attached hydrogens (tertiary/aromatic N) is 2. The number of imide groups is 1. The van der Waals surface area contributed by atoms with Crippen molar-refractivity contribution >= 4 is 29.3 Å². The molecule has 3 aliphatic rings. The summed E-state index contributed by atoms with van der Waals surface area (Å²) < 4.78 is 4.93.